The number of hydrogen-bond donors (Lipinski definition) is 1. The maximum absolute atomic E-state index is 12.5. The van der Waals surface area contributed by atoms with Crippen molar-refractivity contribution in [2.75, 3.05) is 32.1 Å². The van der Waals surface area contributed by atoms with Gasteiger partial charge in [0.05, 0.1) is 11.5 Å². The SMILES string of the molecule is CCCCN(C)S(=O)(=O)c1ccc(NC(=O)COc2ccccc2OCC)cc1. The number of anilines is 1. The fourth-order valence-corrected chi connectivity index (χ4v) is 3.79. The van der Waals surface area contributed by atoms with Crippen molar-refractivity contribution in [2.45, 2.75) is 31.6 Å². The van der Waals surface area contributed by atoms with E-state index in [1.165, 1.54) is 16.4 Å². The van der Waals surface area contributed by atoms with E-state index < -0.39 is 10.0 Å². The minimum Gasteiger partial charge on any atom is -0.490 e. The average molecular weight is 421 g/mol. The molecule has 0 heterocycles. The lowest BCUT2D eigenvalue weighted by molar-refractivity contribution is -0.118. The molecule has 0 saturated heterocycles. The second kappa shape index (κ2) is 10.8. The number of benzene rings is 2. The minimum absolute atomic E-state index is 0.191. The van der Waals surface area contributed by atoms with Crippen molar-refractivity contribution in [3.63, 3.8) is 0 Å². The molecule has 0 atom stereocenters. The highest BCUT2D eigenvalue weighted by atomic mass is 32.2. The molecule has 0 aliphatic heterocycles. The second-order valence-electron chi connectivity index (χ2n) is 6.42. The van der Waals surface area contributed by atoms with Crippen LogP contribution in [0.2, 0.25) is 0 Å². The third kappa shape index (κ3) is 6.47. The molecule has 0 spiro atoms. The molecule has 1 amide bonds. The number of nitrogens with one attached hydrogen (secondary N) is 1. The molecule has 0 aliphatic rings. The highest BCUT2D eigenvalue weighted by molar-refractivity contribution is 7.89. The highest BCUT2D eigenvalue weighted by Gasteiger charge is 2.20. The van der Waals surface area contributed by atoms with Crippen LogP contribution in [0.1, 0.15) is 26.7 Å². The van der Waals surface area contributed by atoms with Crippen LogP contribution >= 0.6 is 0 Å². The number of carbonyl (C=O) groups is 1. The first-order valence-corrected chi connectivity index (χ1v) is 11.0. The van der Waals surface area contributed by atoms with Crippen molar-refractivity contribution in [1.82, 2.24) is 4.31 Å². The van der Waals surface area contributed by atoms with Crippen LogP contribution in [0.5, 0.6) is 11.5 Å². The van der Waals surface area contributed by atoms with E-state index >= 15 is 0 Å². The van der Waals surface area contributed by atoms with Gasteiger partial charge >= 0.3 is 0 Å². The summed E-state index contributed by atoms with van der Waals surface area (Å²) in [5, 5.41) is 2.69. The first kappa shape index (κ1) is 22.7. The summed E-state index contributed by atoms with van der Waals surface area (Å²) in [5.74, 6) is 0.706. The summed E-state index contributed by atoms with van der Waals surface area (Å²) in [7, 11) is -1.96. The van der Waals surface area contributed by atoms with E-state index in [4.69, 9.17) is 9.47 Å². The lowest BCUT2D eigenvalue weighted by Gasteiger charge is -2.17. The van der Waals surface area contributed by atoms with Crippen LogP contribution < -0.4 is 14.8 Å². The normalized spacial score (nSPS) is 11.3. The molecule has 0 aromatic heterocycles. The first-order chi connectivity index (χ1) is 13.9. The van der Waals surface area contributed by atoms with E-state index in [0.29, 0.717) is 30.3 Å². The Hall–Kier alpha value is -2.58. The number of amides is 1. The van der Waals surface area contributed by atoms with Crippen molar-refractivity contribution in [3.8, 4) is 11.5 Å². The summed E-state index contributed by atoms with van der Waals surface area (Å²) < 4.78 is 37.4. The summed E-state index contributed by atoms with van der Waals surface area (Å²) in [6.07, 6.45) is 1.72. The molecule has 7 nitrogen and oxygen atoms in total. The Balaban J connectivity index is 1.95. The third-order valence-electron chi connectivity index (χ3n) is 4.18. The highest BCUT2D eigenvalue weighted by Crippen LogP contribution is 2.26. The molecule has 2 aromatic carbocycles. The van der Waals surface area contributed by atoms with E-state index in [1.807, 2.05) is 19.9 Å². The Morgan fingerprint density at radius 2 is 1.62 bits per heavy atom. The number of hydrogen-bond acceptors (Lipinski definition) is 5. The predicted octanol–water partition coefficient (Wildman–Crippen LogP) is 3.52. The second-order valence-corrected chi connectivity index (χ2v) is 8.47. The van der Waals surface area contributed by atoms with Crippen molar-refractivity contribution in [3.05, 3.63) is 48.5 Å². The van der Waals surface area contributed by atoms with Gasteiger partial charge in [-0.25, -0.2) is 12.7 Å². The lowest BCUT2D eigenvalue weighted by Crippen LogP contribution is -2.28. The maximum atomic E-state index is 12.5. The number of unbranched alkanes of at least 4 members (excludes halogenated alkanes) is 1. The molecule has 0 radical (unpaired) electrons. The van der Waals surface area contributed by atoms with Gasteiger partial charge < -0.3 is 14.8 Å². The van der Waals surface area contributed by atoms with E-state index in [-0.39, 0.29) is 17.4 Å². The molecular weight excluding hydrogens is 392 g/mol. The van der Waals surface area contributed by atoms with Crippen molar-refractivity contribution < 1.29 is 22.7 Å². The molecular formula is C21H28N2O5S. The number of sulfonamides is 1. The summed E-state index contributed by atoms with van der Waals surface area (Å²) in [6.45, 7) is 4.66. The molecule has 0 aliphatic carbocycles. The van der Waals surface area contributed by atoms with E-state index in [2.05, 4.69) is 5.32 Å². The monoisotopic (exact) mass is 420 g/mol. The molecule has 8 heteroatoms. The smallest absolute Gasteiger partial charge is 0.262 e. The molecule has 0 saturated carbocycles. The Morgan fingerprint density at radius 1 is 1.00 bits per heavy atom. The molecule has 0 bridgehead atoms. The van der Waals surface area contributed by atoms with Crippen LogP contribution in [-0.4, -0.2) is 45.4 Å². The van der Waals surface area contributed by atoms with E-state index in [0.717, 1.165) is 12.8 Å². The summed E-state index contributed by atoms with van der Waals surface area (Å²) in [5.41, 5.74) is 0.492. The van der Waals surface area contributed by atoms with E-state index in [9.17, 15) is 13.2 Å². The molecule has 158 valence electrons. The number of rotatable bonds is 11. The fourth-order valence-electron chi connectivity index (χ4n) is 2.58. The number of para-hydroxylation sites is 2. The molecule has 0 unspecified atom stereocenters. The Labute approximate surface area is 172 Å². The van der Waals surface area contributed by atoms with E-state index in [1.54, 1.807) is 37.4 Å². The van der Waals surface area contributed by atoms with Gasteiger partial charge in [0, 0.05) is 19.3 Å². The number of ether oxygens (including phenoxy) is 2. The van der Waals surface area contributed by atoms with Crippen molar-refractivity contribution >= 4 is 21.6 Å². The quantitative estimate of drug-likeness (QED) is 0.601. The van der Waals surface area contributed by atoms with Gasteiger partial charge in [0.2, 0.25) is 10.0 Å². The van der Waals surface area contributed by atoms with Gasteiger partial charge in [0.25, 0.3) is 5.91 Å². The lowest BCUT2D eigenvalue weighted by atomic mass is 10.3. The first-order valence-electron chi connectivity index (χ1n) is 9.59. The Morgan fingerprint density at radius 3 is 2.21 bits per heavy atom. The van der Waals surface area contributed by atoms with Crippen LogP contribution in [0.25, 0.3) is 0 Å². The van der Waals surface area contributed by atoms with Gasteiger partial charge in [0.1, 0.15) is 0 Å². The number of nitrogens with zero attached hydrogens (tertiary/aromatic N) is 1. The standard InChI is InChI=1S/C21H28N2O5S/c1-4-6-15-23(3)29(25,26)18-13-11-17(12-14-18)22-21(24)16-28-20-10-8-7-9-19(20)27-5-2/h7-14H,4-6,15-16H2,1-3H3,(H,22,24). The topological polar surface area (TPSA) is 84.9 Å². The summed E-state index contributed by atoms with van der Waals surface area (Å²) in [4.78, 5) is 12.4. The summed E-state index contributed by atoms with van der Waals surface area (Å²) >= 11 is 0. The molecule has 0 fully saturated rings. The van der Waals surface area contributed by atoms with Crippen molar-refractivity contribution in [1.29, 1.82) is 0 Å². The Bertz CT molecular complexity index is 898. The molecule has 2 rings (SSSR count). The van der Waals surface area contributed by atoms with Crippen LogP contribution in [0, 0.1) is 0 Å². The van der Waals surface area contributed by atoms with Gasteiger partial charge in [-0.3, -0.25) is 4.79 Å². The van der Waals surface area contributed by atoms with Gasteiger partial charge in [0.15, 0.2) is 18.1 Å². The van der Waals surface area contributed by atoms with Crippen LogP contribution in [-0.2, 0) is 14.8 Å². The largest absolute Gasteiger partial charge is 0.490 e. The van der Waals surface area contributed by atoms with Gasteiger partial charge in [-0.15, -0.1) is 0 Å². The van der Waals surface area contributed by atoms with Crippen LogP contribution in [0.15, 0.2) is 53.4 Å². The molecule has 29 heavy (non-hydrogen) atoms. The summed E-state index contributed by atoms with van der Waals surface area (Å²) in [6, 6.07) is 13.2. The minimum atomic E-state index is -3.53. The zero-order valence-corrected chi connectivity index (χ0v) is 17.9. The predicted molar refractivity (Wildman–Crippen MR) is 113 cm³/mol. The zero-order valence-electron chi connectivity index (χ0n) is 17.1. The van der Waals surface area contributed by atoms with Gasteiger partial charge in [-0.05, 0) is 49.7 Å². The maximum Gasteiger partial charge on any atom is 0.262 e. The van der Waals surface area contributed by atoms with Crippen LogP contribution in [0.4, 0.5) is 5.69 Å². The van der Waals surface area contributed by atoms with Gasteiger partial charge in [-0.1, -0.05) is 25.5 Å². The zero-order chi connectivity index (χ0) is 21.3. The number of carbonyl (C=O) groups excluding carboxylic acids is 1. The van der Waals surface area contributed by atoms with Crippen molar-refractivity contribution in [2.24, 2.45) is 0 Å². The molecule has 1 N–H and O–H groups in total. The van der Waals surface area contributed by atoms with Gasteiger partial charge in [-0.2, -0.15) is 0 Å². The fraction of sp³-hybridized carbons (Fsp3) is 0.381. The molecule has 2 aromatic rings. The van der Waals surface area contributed by atoms with Crippen LogP contribution in [0.3, 0.4) is 0 Å². The average Bonchev–Trinajstić information content (AvgIpc) is 2.72. The Kier molecular flexibility index (Phi) is 8.48. The third-order valence-corrected chi connectivity index (χ3v) is 6.05.